The van der Waals surface area contributed by atoms with Gasteiger partial charge in [-0.25, -0.2) is 0 Å². The van der Waals surface area contributed by atoms with E-state index in [4.69, 9.17) is 10.5 Å². The monoisotopic (exact) mass is 232 g/mol. The van der Waals surface area contributed by atoms with Crippen molar-refractivity contribution in [3.8, 4) is 5.88 Å². The second-order valence-electron chi connectivity index (χ2n) is 3.68. The number of anilines is 1. The van der Waals surface area contributed by atoms with Crippen LogP contribution >= 0.6 is 0 Å². The lowest BCUT2D eigenvalue weighted by molar-refractivity contribution is 0.403. The minimum atomic E-state index is 0.230. The molecule has 0 fully saturated rings. The van der Waals surface area contributed by atoms with Crippen LogP contribution in [0, 0.1) is 0 Å². The van der Waals surface area contributed by atoms with Crippen molar-refractivity contribution >= 4 is 17.0 Å². The lowest BCUT2D eigenvalue weighted by Gasteiger charge is -2.04. The molecule has 0 unspecified atom stereocenters. The van der Waals surface area contributed by atoms with Crippen LogP contribution < -0.4 is 10.5 Å². The summed E-state index contributed by atoms with van der Waals surface area (Å²) < 4.78 is 7.20. The molecule has 0 aliphatic heterocycles. The Morgan fingerprint density at radius 3 is 2.94 bits per heavy atom. The molecule has 0 aliphatic carbocycles. The highest BCUT2D eigenvalue weighted by molar-refractivity contribution is 5.82. The molecule has 0 amide bonds. The molecule has 0 atom stereocenters. The Hall–Kier alpha value is -2.04. The summed E-state index contributed by atoms with van der Waals surface area (Å²) in [7, 11) is 1.58. The molecule has 0 saturated heterocycles. The Bertz CT molecular complexity index is 545. The molecule has 17 heavy (non-hydrogen) atoms. The van der Waals surface area contributed by atoms with Crippen LogP contribution in [0.1, 0.15) is 13.3 Å². The number of rotatable bonds is 4. The molecular weight excluding hydrogens is 216 g/mol. The van der Waals surface area contributed by atoms with E-state index in [0.29, 0.717) is 5.88 Å². The predicted molar refractivity (Wildman–Crippen MR) is 67.9 cm³/mol. The molecule has 2 N–H and O–H groups in total. The first-order chi connectivity index (χ1) is 8.26. The van der Waals surface area contributed by atoms with E-state index in [9.17, 15) is 0 Å². The van der Waals surface area contributed by atoms with Gasteiger partial charge in [0.25, 0.3) is 0 Å². The largest absolute Gasteiger partial charge is 0.480 e. The van der Waals surface area contributed by atoms with Gasteiger partial charge in [0, 0.05) is 12.7 Å². The van der Waals surface area contributed by atoms with Crippen LogP contribution in [-0.2, 0) is 6.54 Å². The van der Waals surface area contributed by atoms with E-state index in [0.717, 1.165) is 24.0 Å². The predicted octanol–water partition coefficient (Wildman–Crippen LogP) is 1.99. The number of fused-ring (bicyclic) bond motifs is 1. The first-order valence-electron chi connectivity index (χ1n) is 5.57. The Kier molecular flexibility index (Phi) is 3.27. The van der Waals surface area contributed by atoms with Gasteiger partial charge in [0.2, 0.25) is 11.8 Å². The molecule has 0 bridgehead atoms. The maximum atomic E-state index is 5.65. The van der Waals surface area contributed by atoms with Gasteiger partial charge in [-0.2, -0.15) is 9.97 Å². The molecule has 0 radical (unpaired) electrons. The maximum Gasteiger partial charge on any atom is 0.227 e. The van der Waals surface area contributed by atoms with Gasteiger partial charge in [0.05, 0.1) is 12.5 Å². The van der Waals surface area contributed by atoms with Crippen LogP contribution in [0.25, 0.3) is 11.0 Å². The summed E-state index contributed by atoms with van der Waals surface area (Å²) in [5.74, 6) is 0.750. The molecule has 5 nitrogen and oxygen atoms in total. The van der Waals surface area contributed by atoms with Crippen molar-refractivity contribution in [1.82, 2.24) is 14.5 Å². The van der Waals surface area contributed by atoms with E-state index in [1.165, 1.54) is 0 Å². The Morgan fingerprint density at radius 2 is 2.24 bits per heavy atom. The molecule has 0 aliphatic rings. The second kappa shape index (κ2) is 4.86. The molecule has 2 aromatic heterocycles. The van der Waals surface area contributed by atoms with Crippen molar-refractivity contribution in [1.29, 1.82) is 0 Å². The minimum absolute atomic E-state index is 0.230. The molecule has 2 rings (SSSR count). The summed E-state index contributed by atoms with van der Waals surface area (Å²) in [6.45, 7) is 2.88. The zero-order valence-electron chi connectivity index (χ0n) is 10.1. The van der Waals surface area contributed by atoms with E-state index in [-0.39, 0.29) is 5.95 Å². The lowest BCUT2D eigenvalue weighted by atomic mass is 10.4. The van der Waals surface area contributed by atoms with E-state index in [1.807, 2.05) is 16.8 Å². The SMILES string of the molecule is CC/C=C/Cn1ccc2c(OC)nc(N)nc21. The summed E-state index contributed by atoms with van der Waals surface area (Å²) in [6.07, 6.45) is 7.21. The molecule has 0 aromatic carbocycles. The van der Waals surface area contributed by atoms with Crippen molar-refractivity contribution in [3.63, 3.8) is 0 Å². The van der Waals surface area contributed by atoms with Gasteiger partial charge in [-0.05, 0) is 12.5 Å². The standard InChI is InChI=1S/C12H16N4O/c1-3-4-5-7-16-8-6-9-10(16)14-12(13)15-11(9)17-2/h4-6,8H,3,7H2,1-2H3,(H2,13,14,15)/b5-4+. The van der Waals surface area contributed by atoms with Gasteiger partial charge in [-0.3, -0.25) is 0 Å². The van der Waals surface area contributed by atoms with Crippen molar-refractivity contribution in [2.75, 3.05) is 12.8 Å². The summed E-state index contributed by atoms with van der Waals surface area (Å²) in [5.41, 5.74) is 6.45. The number of methoxy groups -OCH3 is 1. The van der Waals surface area contributed by atoms with Crippen LogP contribution in [0.5, 0.6) is 5.88 Å². The number of nitrogens with zero attached hydrogens (tertiary/aromatic N) is 3. The first kappa shape index (κ1) is 11.4. The van der Waals surface area contributed by atoms with Gasteiger partial charge in [0.1, 0.15) is 5.65 Å². The van der Waals surface area contributed by atoms with Crippen molar-refractivity contribution in [2.24, 2.45) is 0 Å². The molecule has 90 valence electrons. The fourth-order valence-corrected chi connectivity index (χ4v) is 1.71. The van der Waals surface area contributed by atoms with Crippen LogP contribution in [0.3, 0.4) is 0 Å². The smallest absolute Gasteiger partial charge is 0.227 e. The zero-order valence-corrected chi connectivity index (χ0v) is 10.1. The number of allylic oxidation sites excluding steroid dienone is 2. The molecule has 0 saturated carbocycles. The Morgan fingerprint density at radius 1 is 1.41 bits per heavy atom. The molecule has 5 heteroatoms. The topological polar surface area (TPSA) is 66.0 Å². The van der Waals surface area contributed by atoms with Gasteiger partial charge in [-0.15, -0.1) is 0 Å². The average molecular weight is 232 g/mol. The van der Waals surface area contributed by atoms with E-state index in [2.05, 4.69) is 29.0 Å². The third kappa shape index (κ3) is 2.22. The number of ether oxygens (including phenoxy) is 1. The molecular formula is C12H16N4O. The number of nitrogen functional groups attached to an aromatic ring is 1. The first-order valence-corrected chi connectivity index (χ1v) is 5.57. The van der Waals surface area contributed by atoms with Crippen LogP contribution in [0.15, 0.2) is 24.4 Å². The van der Waals surface area contributed by atoms with Gasteiger partial charge >= 0.3 is 0 Å². The van der Waals surface area contributed by atoms with Crippen molar-refractivity contribution in [2.45, 2.75) is 19.9 Å². The molecule has 0 spiro atoms. The third-order valence-corrected chi connectivity index (χ3v) is 2.50. The highest BCUT2D eigenvalue weighted by Gasteiger charge is 2.09. The Labute approximate surface area is 99.9 Å². The van der Waals surface area contributed by atoms with Gasteiger partial charge in [0.15, 0.2) is 0 Å². The van der Waals surface area contributed by atoms with E-state index in [1.54, 1.807) is 7.11 Å². The number of aromatic nitrogens is 3. The summed E-state index contributed by atoms with van der Waals surface area (Å²) in [6, 6.07) is 1.94. The van der Waals surface area contributed by atoms with Gasteiger partial charge in [-0.1, -0.05) is 19.1 Å². The number of hydrogen-bond donors (Lipinski definition) is 1. The number of hydrogen-bond acceptors (Lipinski definition) is 4. The van der Waals surface area contributed by atoms with Crippen LogP contribution in [0.4, 0.5) is 5.95 Å². The van der Waals surface area contributed by atoms with Crippen molar-refractivity contribution < 1.29 is 4.74 Å². The maximum absolute atomic E-state index is 5.65. The number of nitrogens with two attached hydrogens (primary N) is 1. The highest BCUT2D eigenvalue weighted by atomic mass is 16.5. The van der Waals surface area contributed by atoms with Gasteiger partial charge < -0.3 is 15.0 Å². The van der Waals surface area contributed by atoms with Crippen LogP contribution in [-0.4, -0.2) is 21.6 Å². The average Bonchev–Trinajstić information content (AvgIpc) is 2.72. The molecule has 2 heterocycles. The second-order valence-corrected chi connectivity index (χ2v) is 3.68. The van der Waals surface area contributed by atoms with E-state index < -0.39 is 0 Å². The lowest BCUT2D eigenvalue weighted by Crippen LogP contribution is -2.01. The minimum Gasteiger partial charge on any atom is -0.480 e. The third-order valence-electron chi connectivity index (χ3n) is 2.50. The van der Waals surface area contributed by atoms with Crippen LogP contribution in [0.2, 0.25) is 0 Å². The quantitative estimate of drug-likeness (QED) is 0.819. The summed E-state index contributed by atoms with van der Waals surface area (Å²) >= 11 is 0. The fraction of sp³-hybridized carbons (Fsp3) is 0.333. The molecule has 2 aromatic rings. The summed E-state index contributed by atoms with van der Waals surface area (Å²) in [5, 5.41) is 0.881. The normalized spacial score (nSPS) is 11.4. The fourth-order valence-electron chi connectivity index (χ4n) is 1.71. The highest BCUT2D eigenvalue weighted by Crippen LogP contribution is 2.23. The van der Waals surface area contributed by atoms with E-state index >= 15 is 0 Å². The summed E-state index contributed by atoms with van der Waals surface area (Å²) in [4.78, 5) is 8.28. The zero-order chi connectivity index (χ0) is 12.3. The van der Waals surface area contributed by atoms with Crippen molar-refractivity contribution in [3.05, 3.63) is 24.4 Å². The Balaban J connectivity index is 2.45.